The fourth-order valence-electron chi connectivity index (χ4n) is 2.89. The molecule has 96 valence electrons. The topological polar surface area (TPSA) is 37.4 Å². The highest BCUT2D eigenvalue weighted by Crippen LogP contribution is 2.49. The number of halogens is 1. The predicted molar refractivity (Wildman–Crippen MR) is 72.5 cm³/mol. The molecule has 2 aliphatic rings. The summed E-state index contributed by atoms with van der Waals surface area (Å²) in [5.74, 6) is -1.03. The molecule has 1 aliphatic heterocycles. The van der Waals surface area contributed by atoms with Crippen LogP contribution < -0.4 is 0 Å². The number of fused-ring (bicyclic) bond motifs is 1. The van der Waals surface area contributed by atoms with Crippen molar-refractivity contribution in [3.8, 4) is 0 Å². The lowest BCUT2D eigenvalue weighted by molar-refractivity contribution is -0.138. The van der Waals surface area contributed by atoms with Gasteiger partial charge in [0, 0.05) is 12.1 Å². The molecule has 1 saturated heterocycles. The van der Waals surface area contributed by atoms with Crippen LogP contribution in [0, 0.1) is 5.92 Å². The first-order valence-corrected chi connectivity index (χ1v) is 6.40. The van der Waals surface area contributed by atoms with Gasteiger partial charge < -0.3 is 0 Å². The molecule has 0 N–H and O–H groups in total. The van der Waals surface area contributed by atoms with E-state index in [0.29, 0.717) is 5.03 Å². The van der Waals surface area contributed by atoms with Gasteiger partial charge in [-0.2, -0.15) is 0 Å². The van der Waals surface area contributed by atoms with Crippen LogP contribution in [0.3, 0.4) is 0 Å². The quantitative estimate of drug-likeness (QED) is 0.736. The molecular formula is C15H12ClNO2. The molecule has 2 amide bonds. The van der Waals surface area contributed by atoms with Crippen molar-refractivity contribution in [2.45, 2.75) is 5.41 Å². The van der Waals surface area contributed by atoms with Gasteiger partial charge in [-0.25, -0.2) is 0 Å². The third-order valence-electron chi connectivity index (χ3n) is 3.86. The van der Waals surface area contributed by atoms with E-state index in [1.165, 1.54) is 11.9 Å². The van der Waals surface area contributed by atoms with Gasteiger partial charge in [-0.1, -0.05) is 54.1 Å². The zero-order valence-corrected chi connectivity index (χ0v) is 11.1. The maximum Gasteiger partial charge on any atom is 0.246 e. The van der Waals surface area contributed by atoms with Crippen LogP contribution in [0.5, 0.6) is 0 Å². The van der Waals surface area contributed by atoms with Crippen molar-refractivity contribution in [2.75, 3.05) is 7.05 Å². The highest BCUT2D eigenvalue weighted by molar-refractivity contribution is 6.35. The average molecular weight is 274 g/mol. The Labute approximate surface area is 116 Å². The number of likely N-dealkylation sites (N-methyl/N-ethyl adjacent to an activating group) is 1. The number of rotatable bonds is 1. The largest absolute Gasteiger partial charge is 0.284 e. The molecule has 19 heavy (non-hydrogen) atoms. The SMILES string of the molecule is CN1C(=O)C2C=CC=C(Cl)C2(c2ccccc2)C1=O. The average Bonchev–Trinajstić information content (AvgIpc) is 2.64. The molecule has 3 nitrogen and oxygen atoms in total. The molecule has 0 bridgehead atoms. The smallest absolute Gasteiger partial charge is 0.246 e. The Bertz CT molecular complexity index is 620. The summed E-state index contributed by atoms with van der Waals surface area (Å²) >= 11 is 6.34. The van der Waals surface area contributed by atoms with Crippen LogP contribution in [-0.2, 0) is 15.0 Å². The number of imide groups is 1. The molecule has 1 aromatic carbocycles. The minimum absolute atomic E-state index is 0.212. The lowest BCUT2D eigenvalue weighted by Crippen LogP contribution is -2.41. The monoisotopic (exact) mass is 273 g/mol. The van der Waals surface area contributed by atoms with E-state index in [-0.39, 0.29) is 11.8 Å². The van der Waals surface area contributed by atoms with Crippen LogP contribution >= 0.6 is 11.6 Å². The maximum absolute atomic E-state index is 12.6. The number of carbonyl (C=O) groups is 2. The highest BCUT2D eigenvalue weighted by atomic mass is 35.5. The summed E-state index contributed by atoms with van der Waals surface area (Å²) in [5.41, 5.74) is -0.322. The standard InChI is InChI=1S/C15H12ClNO2/c1-17-13(18)11-8-5-9-12(16)15(11,14(17)19)10-6-3-2-4-7-10/h2-9,11H,1H3. The first-order valence-electron chi connectivity index (χ1n) is 6.02. The Kier molecular flexibility index (Phi) is 2.61. The first-order chi connectivity index (χ1) is 9.10. The van der Waals surface area contributed by atoms with Gasteiger partial charge in [0.2, 0.25) is 11.8 Å². The number of hydrogen-bond acceptors (Lipinski definition) is 2. The summed E-state index contributed by atoms with van der Waals surface area (Å²) < 4.78 is 0. The molecule has 4 heteroatoms. The first kappa shape index (κ1) is 12.2. The molecular weight excluding hydrogens is 262 g/mol. The van der Waals surface area contributed by atoms with E-state index < -0.39 is 11.3 Å². The molecule has 0 saturated carbocycles. The number of benzene rings is 1. The van der Waals surface area contributed by atoms with Crippen molar-refractivity contribution in [3.05, 3.63) is 59.2 Å². The number of hydrogen-bond donors (Lipinski definition) is 0. The van der Waals surface area contributed by atoms with Crippen LogP contribution in [0.1, 0.15) is 5.56 Å². The molecule has 3 rings (SSSR count). The van der Waals surface area contributed by atoms with Crippen LogP contribution in [0.4, 0.5) is 0 Å². The Morgan fingerprint density at radius 3 is 2.58 bits per heavy atom. The molecule has 1 heterocycles. The van der Waals surface area contributed by atoms with Gasteiger partial charge in [0.25, 0.3) is 0 Å². The lowest BCUT2D eigenvalue weighted by Gasteiger charge is -2.32. The minimum atomic E-state index is -1.08. The fourth-order valence-corrected chi connectivity index (χ4v) is 3.27. The number of nitrogens with zero attached hydrogens (tertiary/aromatic N) is 1. The minimum Gasteiger partial charge on any atom is -0.284 e. The van der Waals surface area contributed by atoms with E-state index in [4.69, 9.17) is 11.6 Å². The summed E-state index contributed by atoms with van der Waals surface area (Å²) in [6.45, 7) is 0. The zero-order chi connectivity index (χ0) is 13.6. The van der Waals surface area contributed by atoms with E-state index in [0.717, 1.165) is 5.56 Å². The second-order valence-electron chi connectivity index (χ2n) is 4.75. The van der Waals surface area contributed by atoms with Crippen LogP contribution in [-0.4, -0.2) is 23.8 Å². The van der Waals surface area contributed by atoms with E-state index in [1.807, 2.05) is 30.3 Å². The molecule has 1 aromatic rings. The van der Waals surface area contributed by atoms with Crippen molar-refractivity contribution >= 4 is 23.4 Å². The Morgan fingerprint density at radius 2 is 1.89 bits per heavy atom. The molecule has 0 aromatic heterocycles. The van der Waals surface area contributed by atoms with Crippen molar-refractivity contribution in [1.29, 1.82) is 0 Å². The number of likely N-dealkylation sites (tertiary alicyclic amines) is 1. The molecule has 2 unspecified atom stereocenters. The summed E-state index contributed by atoms with van der Waals surface area (Å²) in [7, 11) is 1.51. The highest BCUT2D eigenvalue weighted by Gasteiger charge is 2.60. The summed E-state index contributed by atoms with van der Waals surface area (Å²) in [6, 6.07) is 9.25. The zero-order valence-electron chi connectivity index (χ0n) is 10.3. The van der Waals surface area contributed by atoms with Crippen molar-refractivity contribution in [2.24, 2.45) is 5.92 Å². The molecule has 0 spiro atoms. The third-order valence-corrected chi connectivity index (χ3v) is 4.28. The van der Waals surface area contributed by atoms with Crippen LogP contribution in [0.15, 0.2) is 53.6 Å². The van der Waals surface area contributed by atoms with Crippen molar-refractivity contribution in [3.63, 3.8) is 0 Å². The number of amides is 2. The van der Waals surface area contributed by atoms with Crippen LogP contribution in [0.25, 0.3) is 0 Å². The van der Waals surface area contributed by atoms with Crippen molar-refractivity contribution < 1.29 is 9.59 Å². The van der Waals surface area contributed by atoms with Gasteiger partial charge in [-0.3, -0.25) is 14.5 Å². The molecule has 0 radical (unpaired) electrons. The molecule has 1 aliphatic carbocycles. The third kappa shape index (κ3) is 1.39. The van der Waals surface area contributed by atoms with Gasteiger partial charge in [0.15, 0.2) is 0 Å². The van der Waals surface area contributed by atoms with Crippen molar-refractivity contribution in [1.82, 2.24) is 4.90 Å². The number of allylic oxidation sites excluding steroid dienone is 2. The van der Waals surface area contributed by atoms with Gasteiger partial charge in [0.05, 0.1) is 5.92 Å². The lowest BCUT2D eigenvalue weighted by atomic mass is 9.69. The molecule has 1 fully saturated rings. The van der Waals surface area contributed by atoms with E-state index in [1.54, 1.807) is 18.2 Å². The predicted octanol–water partition coefficient (Wildman–Crippen LogP) is 2.23. The fraction of sp³-hybridized carbons (Fsp3) is 0.200. The Balaban J connectivity index is 2.30. The number of carbonyl (C=O) groups excluding carboxylic acids is 2. The van der Waals surface area contributed by atoms with Gasteiger partial charge in [-0.15, -0.1) is 0 Å². The normalized spacial score (nSPS) is 29.5. The summed E-state index contributed by atoms with van der Waals surface area (Å²) in [5, 5.41) is 0.397. The second kappa shape index (κ2) is 4.07. The Morgan fingerprint density at radius 1 is 1.21 bits per heavy atom. The maximum atomic E-state index is 12.6. The van der Waals surface area contributed by atoms with Gasteiger partial charge >= 0.3 is 0 Å². The van der Waals surface area contributed by atoms with Gasteiger partial charge in [0.1, 0.15) is 5.41 Å². The molecule has 2 atom stereocenters. The van der Waals surface area contributed by atoms with E-state index in [2.05, 4.69) is 0 Å². The summed E-state index contributed by atoms with van der Waals surface area (Å²) in [4.78, 5) is 26.0. The summed E-state index contributed by atoms with van der Waals surface area (Å²) in [6.07, 6.45) is 5.18. The van der Waals surface area contributed by atoms with E-state index in [9.17, 15) is 9.59 Å². The second-order valence-corrected chi connectivity index (χ2v) is 5.16. The Hall–Kier alpha value is -1.87. The van der Waals surface area contributed by atoms with E-state index >= 15 is 0 Å². The van der Waals surface area contributed by atoms with Crippen LogP contribution in [0.2, 0.25) is 0 Å². The van der Waals surface area contributed by atoms with Gasteiger partial charge in [-0.05, 0) is 11.6 Å².